The molecule has 3 aliphatic heterocycles. The summed E-state index contributed by atoms with van der Waals surface area (Å²) in [6.45, 7) is 26.5. The van der Waals surface area contributed by atoms with Crippen LogP contribution in [0.5, 0.6) is 17.2 Å². The summed E-state index contributed by atoms with van der Waals surface area (Å²) < 4.78 is 28.4. The fourth-order valence-electron chi connectivity index (χ4n) is 11.3. The number of halogens is 1. The van der Waals surface area contributed by atoms with Gasteiger partial charge < -0.3 is 33.6 Å². The van der Waals surface area contributed by atoms with Crippen LogP contribution in [0.2, 0.25) is 0 Å². The number of rotatable bonds is 19. The molecule has 0 aliphatic carbocycles. The number of hydrogen-bond acceptors (Lipinski definition) is 18. The van der Waals surface area contributed by atoms with Gasteiger partial charge in [0.1, 0.15) is 60.9 Å². The van der Waals surface area contributed by atoms with E-state index in [0.717, 1.165) is 162 Å². The first-order valence-electron chi connectivity index (χ1n) is 31.7. The van der Waals surface area contributed by atoms with Gasteiger partial charge in [0, 0.05) is 39.3 Å². The molecule has 3 aliphatic rings. The van der Waals surface area contributed by atoms with Gasteiger partial charge in [0.25, 0.3) is 0 Å². The normalized spacial score (nSPS) is 16.1. The number of aromatic nitrogens is 12. The summed E-state index contributed by atoms with van der Waals surface area (Å²) in [7, 11) is 5.00. The molecule has 0 atom stereocenters. The second-order valence-corrected chi connectivity index (χ2v) is 28.4. The number of thioether (sulfide) groups is 1. The molecular weight excluding hydrogens is 1250 g/mol. The van der Waals surface area contributed by atoms with Crippen molar-refractivity contribution in [3.8, 4) is 17.2 Å². The molecule has 0 unspecified atom stereocenters. The fraction of sp³-hybridized carbons (Fsp3) is 0.500. The zero-order chi connectivity index (χ0) is 64.5. The Bertz CT molecular complexity index is 3930. The second kappa shape index (κ2) is 29.5. The fourth-order valence-corrected chi connectivity index (χ4v) is 12.8. The van der Waals surface area contributed by atoms with Crippen LogP contribution in [0.25, 0.3) is 33.5 Å². The van der Waals surface area contributed by atoms with E-state index in [9.17, 15) is 4.79 Å². The van der Waals surface area contributed by atoms with E-state index in [4.69, 9.17) is 56.2 Å². The average molecular weight is 1340 g/mol. The Labute approximate surface area is 552 Å². The van der Waals surface area contributed by atoms with Gasteiger partial charge in [-0.15, -0.1) is 0 Å². The molecule has 12 rings (SSSR count). The van der Waals surface area contributed by atoms with E-state index in [0.29, 0.717) is 63.6 Å². The number of benzene rings is 3. The number of methoxy groups -OCH3 is 3. The Hall–Kier alpha value is -7.37. The van der Waals surface area contributed by atoms with E-state index >= 15 is 0 Å². The molecule has 91 heavy (non-hydrogen) atoms. The summed E-state index contributed by atoms with van der Waals surface area (Å²) >= 11 is 10.3. The SMILES string of the molecule is CCC(CC)COC(=O)CSc1nn(Cc2ccc(OC)cc2)c2nc(N3CCC(C)(C)CC3)cnc12.COc1ccc(Cn2[nH]c(=S)c3ncc(N4CCC(C)(C)CC4)nc32)cc1.COc1ccc(Cn2nc(Br)c3ncc(N4CCC(C)(C)CC4)nc32)cc1. The average Bonchev–Trinajstić information content (AvgIpc) is 2.02. The lowest BCUT2D eigenvalue weighted by Gasteiger charge is -2.37. The highest BCUT2D eigenvalue weighted by Gasteiger charge is 2.30. The molecule has 6 aromatic heterocycles. The van der Waals surface area contributed by atoms with Crippen molar-refractivity contribution in [3.63, 3.8) is 0 Å². The Morgan fingerprint density at radius 3 is 1.37 bits per heavy atom. The second-order valence-electron chi connectivity index (χ2n) is 26.3. The van der Waals surface area contributed by atoms with Gasteiger partial charge in [0.2, 0.25) is 0 Å². The van der Waals surface area contributed by atoms with Crippen molar-refractivity contribution < 1.29 is 23.7 Å². The Kier molecular flexibility index (Phi) is 21.6. The van der Waals surface area contributed by atoms with Crippen molar-refractivity contribution in [2.75, 3.05) is 87.7 Å². The Morgan fingerprint density at radius 1 is 0.560 bits per heavy atom. The molecule has 0 bridgehead atoms. The van der Waals surface area contributed by atoms with E-state index in [1.165, 1.54) is 24.6 Å². The van der Waals surface area contributed by atoms with Gasteiger partial charge in [-0.05, 0) is 130 Å². The van der Waals surface area contributed by atoms with Gasteiger partial charge in [0.05, 0.1) is 71.9 Å². The lowest BCUT2D eigenvalue weighted by Crippen LogP contribution is -2.37. The quantitative estimate of drug-likeness (QED) is 0.0455. The number of anilines is 3. The predicted molar refractivity (Wildman–Crippen MR) is 369 cm³/mol. The highest BCUT2D eigenvalue weighted by atomic mass is 79.9. The molecule has 484 valence electrons. The van der Waals surface area contributed by atoms with Gasteiger partial charge in [-0.2, -0.15) is 10.2 Å². The van der Waals surface area contributed by atoms with E-state index in [1.807, 2.05) is 105 Å². The molecular formula is C68H88BrN15O5S2. The monoisotopic (exact) mass is 1340 g/mol. The zero-order valence-corrected chi connectivity index (χ0v) is 57.9. The molecule has 9 aromatic rings. The molecule has 9 heterocycles. The highest BCUT2D eigenvalue weighted by molar-refractivity contribution is 9.10. The first-order valence-corrected chi connectivity index (χ1v) is 33.9. The lowest BCUT2D eigenvalue weighted by molar-refractivity contribution is -0.141. The number of carbonyl (C=O) groups is 1. The van der Waals surface area contributed by atoms with E-state index < -0.39 is 0 Å². The third-order valence-corrected chi connectivity index (χ3v) is 19.8. The van der Waals surface area contributed by atoms with Gasteiger partial charge in [-0.3, -0.25) is 14.6 Å². The Morgan fingerprint density at radius 2 is 0.945 bits per heavy atom. The first kappa shape index (κ1) is 66.5. The number of H-pyrrole nitrogens is 1. The molecule has 3 fully saturated rings. The van der Waals surface area contributed by atoms with Crippen molar-refractivity contribution >= 4 is 96.8 Å². The standard InChI is InChI=1S/C28H39N5O3S.C20H24BrN5O.C20H25N5OS/c1-6-20(7-2)18-36-24(34)19-37-27-25-26(33(31-27)17-21-8-10-22(35-5)11-9-21)30-23(16-29-25)32-14-12-28(3,4)13-15-32;1-20(2)8-10-25(11-9-20)16-12-22-17-18(21)24-26(19(17)23-16)13-14-4-6-15(27-3)7-5-14;1-20(2)8-10-24(11-9-20)16-12-21-17-18(22-16)25(23-19(17)27)13-14-4-6-15(26-3)7-5-14/h8-11,16,20H,6-7,12-15,17-19H2,1-5H3;4-7,12H,8-11,13H2,1-3H3;4-7,12H,8-11,13H2,1-3H3,(H,23,27). The molecule has 0 saturated carbocycles. The maximum Gasteiger partial charge on any atom is 0.316 e. The summed E-state index contributed by atoms with van der Waals surface area (Å²) in [4.78, 5) is 48.2. The summed E-state index contributed by atoms with van der Waals surface area (Å²) in [5.74, 6) is 5.61. The first-order chi connectivity index (χ1) is 43.7. The van der Waals surface area contributed by atoms with Crippen molar-refractivity contribution in [1.82, 2.24) is 59.2 Å². The number of ether oxygens (including phenoxy) is 4. The van der Waals surface area contributed by atoms with E-state index in [-0.39, 0.29) is 11.7 Å². The molecule has 3 aromatic carbocycles. The molecule has 0 amide bonds. The smallest absolute Gasteiger partial charge is 0.316 e. The van der Waals surface area contributed by atoms with E-state index in [2.05, 4.69) is 106 Å². The molecule has 3 saturated heterocycles. The topological polar surface area (TPSA) is 197 Å². The van der Waals surface area contributed by atoms with Crippen LogP contribution in [0.3, 0.4) is 0 Å². The number of nitrogens with zero attached hydrogens (tertiary/aromatic N) is 14. The summed E-state index contributed by atoms with van der Waals surface area (Å²) in [5, 5.41) is 13.4. The number of piperidine rings is 3. The molecule has 20 nitrogen and oxygen atoms in total. The van der Waals surface area contributed by atoms with Crippen molar-refractivity contribution in [3.05, 3.63) is 117 Å². The number of fused-ring (bicyclic) bond motifs is 3. The minimum absolute atomic E-state index is 0.194. The lowest BCUT2D eigenvalue weighted by atomic mass is 9.83. The van der Waals surface area contributed by atoms with Gasteiger partial charge in [0.15, 0.2) is 21.5 Å². The number of nitrogens with one attached hydrogen (secondary N) is 1. The minimum atomic E-state index is -0.227. The van der Waals surface area contributed by atoms with Crippen molar-refractivity contribution in [2.24, 2.45) is 22.2 Å². The van der Waals surface area contributed by atoms with Crippen LogP contribution in [-0.2, 0) is 29.2 Å². The zero-order valence-electron chi connectivity index (χ0n) is 54.7. The maximum atomic E-state index is 12.4. The van der Waals surface area contributed by atoms with Crippen molar-refractivity contribution in [2.45, 2.75) is 131 Å². The third-order valence-electron chi connectivity index (χ3n) is 18.0. The van der Waals surface area contributed by atoms with Gasteiger partial charge in [-0.1, -0.05) is 129 Å². The number of carbonyl (C=O) groups excluding carboxylic acids is 1. The van der Waals surface area contributed by atoms with E-state index in [1.54, 1.807) is 21.3 Å². The van der Waals surface area contributed by atoms with Crippen LogP contribution in [0, 0.1) is 26.8 Å². The molecule has 23 heteroatoms. The predicted octanol–water partition coefficient (Wildman–Crippen LogP) is 14.0. The molecule has 1 N–H and O–H groups in total. The van der Waals surface area contributed by atoms with Gasteiger partial charge in [-0.25, -0.2) is 39.3 Å². The maximum absolute atomic E-state index is 12.4. The highest BCUT2D eigenvalue weighted by Crippen LogP contribution is 2.36. The van der Waals surface area contributed by atoms with Crippen LogP contribution in [0.15, 0.2) is 101 Å². The van der Waals surface area contributed by atoms with Crippen LogP contribution >= 0.6 is 39.9 Å². The largest absolute Gasteiger partial charge is 0.497 e. The summed E-state index contributed by atoms with van der Waals surface area (Å²) in [5.41, 5.74) is 9.14. The molecule has 0 radical (unpaired) electrons. The summed E-state index contributed by atoms with van der Waals surface area (Å²) in [6, 6.07) is 24.0. The van der Waals surface area contributed by atoms with Crippen LogP contribution in [-0.4, -0.2) is 138 Å². The summed E-state index contributed by atoms with van der Waals surface area (Å²) in [6.07, 6.45) is 14.5. The minimum Gasteiger partial charge on any atom is -0.497 e. The van der Waals surface area contributed by atoms with Gasteiger partial charge >= 0.3 is 5.97 Å². The number of esters is 1. The number of hydrogen-bond donors (Lipinski definition) is 1. The van der Waals surface area contributed by atoms with Crippen LogP contribution < -0.4 is 28.9 Å². The number of aromatic amines is 1. The molecule has 0 spiro atoms. The Balaban J connectivity index is 0.000000153. The van der Waals surface area contributed by atoms with Crippen molar-refractivity contribution in [1.29, 1.82) is 0 Å². The van der Waals surface area contributed by atoms with Crippen LogP contribution in [0.1, 0.15) is 123 Å². The third kappa shape index (κ3) is 17.0. The van der Waals surface area contributed by atoms with Crippen LogP contribution in [0.4, 0.5) is 17.5 Å².